The van der Waals surface area contributed by atoms with Crippen LogP contribution < -0.4 is 20.2 Å². The van der Waals surface area contributed by atoms with Crippen LogP contribution in [0.1, 0.15) is 11.1 Å². The summed E-state index contributed by atoms with van der Waals surface area (Å²) in [7, 11) is 1.47. The van der Waals surface area contributed by atoms with Crippen LogP contribution in [0.4, 0.5) is 10.1 Å². The van der Waals surface area contributed by atoms with E-state index in [0.717, 1.165) is 11.6 Å². The van der Waals surface area contributed by atoms with Crippen LogP contribution in [0.15, 0.2) is 64.2 Å². The van der Waals surface area contributed by atoms with Crippen molar-refractivity contribution in [1.29, 1.82) is 0 Å². The van der Waals surface area contributed by atoms with Crippen molar-refractivity contribution in [2.75, 3.05) is 12.4 Å². The Hall–Kier alpha value is -3.14. The average molecular weight is 569 g/mol. The van der Waals surface area contributed by atoms with Crippen LogP contribution in [-0.2, 0) is 16.2 Å². The number of hydrogen-bond donors (Lipinski definition) is 2. The van der Waals surface area contributed by atoms with Gasteiger partial charge < -0.3 is 14.8 Å². The first-order valence-corrected chi connectivity index (χ1v) is 11.2. The molecule has 3 rings (SSSR count). The fraction of sp³-hybridized carbons (Fsp3) is 0.0870. The number of halogens is 4. The smallest absolute Gasteiger partial charge is 0.329 e. The highest BCUT2D eigenvalue weighted by Crippen LogP contribution is 2.37. The van der Waals surface area contributed by atoms with Crippen LogP contribution in [0.25, 0.3) is 0 Å². The van der Waals surface area contributed by atoms with Crippen LogP contribution >= 0.6 is 39.1 Å². The number of carbonyl (C=O) groups is 2. The number of benzene rings is 3. The molecular formula is C23H17BrCl2FN3O4. The van der Waals surface area contributed by atoms with Crippen molar-refractivity contribution in [3.63, 3.8) is 0 Å². The van der Waals surface area contributed by atoms with Gasteiger partial charge in [-0.3, -0.25) is 9.59 Å². The number of nitrogens with zero attached hydrogens (tertiary/aromatic N) is 1. The molecule has 0 unspecified atom stereocenters. The number of ether oxygens (including phenoxy) is 2. The molecule has 7 nitrogen and oxygen atoms in total. The summed E-state index contributed by atoms with van der Waals surface area (Å²) in [5, 5.41) is 6.92. The molecule has 0 saturated heterocycles. The Bertz CT molecular complexity index is 1260. The fourth-order valence-corrected chi connectivity index (χ4v) is 3.74. The molecule has 0 saturated carbocycles. The van der Waals surface area contributed by atoms with E-state index in [4.69, 9.17) is 32.7 Å². The van der Waals surface area contributed by atoms with Crippen LogP contribution in [0, 0.1) is 5.82 Å². The van der Waals surface area contributed by atoms with E-state index in [2.05, 4.69) is 31.8 Å². The van der Waals surface area contributed by atoms with E-state index < -0.39 is 17.6 Å². The third-order valence-electron chi connectivity index (χ3n) is 4.35. The Morgan fingerprint density at radius 1 is 1.12 bits per heavy atom. The maximum absolute atomic E-state index is 13.6. The highest BCUT2D eigenvalue weighted by Gasteiger charge is 2.15. The normalized spacial score (nSPS) is 10.7. The second-order valence-electron chi connectivity index (χ2n) is 6.69. The van der Waals surface area contributed by atoms with E-state index in [1.807, 2.05) is 0 Å². The average Bonchev–Trinajstić information content (AvgIpc) is 2.80. The van der Waals surface area contributed by atoms with Crippen molar-refractivity contribution >= 4 is 62.8 Å². The molecule has 34 heavy (non-hydrogen) atoms. The predicted molar refractivity (Wildman–Crippen MR) is 132 cm³/mol. The standard InChI is InChI=1S/C23H17BrCl2FN3O4/c1-33-20-9-13(8-16(24)21(20)34-12-14-6-7-15(25)10-17(14)26)11-28-30-23(32)22(31)29-19-5-3-2-4-18(19)27/h2-11H,12H2,1H3,(H,29,31)(H,30,32). The molecule has 176 valence electrons. The molecule has 0 atom stereocenters. The lowest BCUT2D eigenvalue weighted by Gasteiger charge is -2.14. The van der Waals surface area contributed by atoms with Gasteiger partial charge in [0.05, 0.1) is 23.5 Å². The lowest BCUT2D eigenvalue weighted by Crippen LogP contribution is -2.32. The first kappa shape index (κ1) is 25.5. The minimum absolute atomic E-state index is 0.115. The third kappa shape index (κ3) is 6.69. The van der Waals surface area contributed by atoms with Crippen molar-refractivity contribution in [3.8, 4) is 11.5 Å². The number of amides is 2. The molecule has 0 aliphatic rings. The van der Waals surface area contributed by atoms with Gasteiger partial charge in [0, 0.05) is 15.6 Å². The van der Waals surface area contributed by atoms with E-state index in [9.17, 15) is 14.0 Å². The zero-order valence-electron chi connectivity index (χ0n) is 17.6. The Morgan fingerprint density at radius 2 is 1.88 bits per heavy atom. The molecule has 0 bridgehead atoms. The van der Waals surface area contributed by atoms with Gasteiger partial charge in [-0.15, -0.1) is 0 Å². The summed E-state index contributed by atoms with van der Waals surface area (Å²) < 4.78 is 25.4. The predicted octanol–water partition coefficient (Wildman–Crippen LogP) is 5.57. The second-order valence-corrected chi connectivity index (χ2v) is 8.39. The van der Waals surface area contributed by atoms with Crippen molar-refractivity contribution in [1.82, 2.24) is 5.43 Å². The largest absolute Gasteiger partial charge is 0.493 e. The monoisotopic (exact) mass is 567 g/mol. The van der Waals surface area contributed by atoms with Crippen LogP contribution in [0.5, 0.6) is 11.5 Å². The van der Waals surface area contributed by atoms with Crippen molar-refractivity contribution in [2.24, 2.45) is 5.10 Å². The summed E-state index contributed by atoms with van der Waals surface area (Å²) in [5.41, 5.74) is 3.24. The van der Waals surface area contributed by atoms with E-state index in [-0.39, 0.29) is 12.3 Å². The number of para-hydroxylation sites is 1. The Labute approximate surface area is 213 Å². The van der Waals surface area contributed by atoms with Crippen molar-refractivity contribution in [3.05, 3.63) is 86.1 Å². The van der Waals surface area contributed by atoms with Gasteiger partial charge in [0.25, 0.3) is 0 Å². The summed E-state index contributed by atoms with van der Waals surface area (Å²) in [4.78, 5) is 23.8. The second kappa shape index (κ2) is 11.8. The number of anilines is 1. The van der Waals surface area contributed by atoms with Gasteiger partial charge in [-0.2, -0.15) is 5.10 Å². The number of carbonyl (C=O) groups excluding carboxylic acids is 2. The molecule has 0 heterocycles. The van der Waals surface area contributed by atoms with Crippen LogP contribution in [0.3, 0.4) is 0 Å². The molecule has 0 spiro atoms. The number of hydrazone groups is 1. The first-order chi connectivity index (χ1) is 16.3. The van der Waals surface area contributed by atoms with Crippen LogP contribution in [0.2, 0.25) is 10.0 Å². The van der Waals surface area contributed by atoms with Gasteiger partial charge in [0.2, 0.25) is 0 Å². The highest BCUT2D eigenvalue weighted by atomic mass is 79.9. The maximum Gasteiger partial charge on any atom is 0.329 e. The quantitative estimate of drug-likeness (QED) is 0.221. The minimum Gasteiger partial charge on any atom is -0.493 e. The molecule has 0 radical (unpaired) electrons. The molecule has 11 heteroatoms. The van der Waals surface area contributed by atoms with E-state index in [1.165, 1.54) is 31.5 Å². The Balaban J connectivity index is 1.64. The molecule has 0 aromatic heterocycles. The summed E-state index contributed by atoms with van der Waals surface area (Å²) in [6.45, 7) is 0.172. The van der Waals surface area contributed by atoms with E-state index in [1.54, 1.807) is 30.3 Å². The SMILES string of the molecule is COc1cc(C=NNC(=O)C(=O)Nc2ccccc2F)cc(Br)c1OCc1ccc(Cl)cc1Cl. The lowest BCUT2D eigenvalue weighted by molar-refractivity contribution is -0.136. The number of rotatable bonds is 7. The number of nitrogens with one attached hydrogen (secondary N) is 2. The van der Waals surface area contributed by atoms with Gasteiger partial charge in [-0.1, -0.05) is 41.4 Å². The molecule has 3 aromatic rings. The highest BCUT2D eigenvalue weighted by molar-refractivity contribution is 9.10. The molecule has 2 amide bonds. The summed E-state index contributed by atoms with van der Waals surface area (Å²) in [5.74, 6) is -1.97. The number of methoxy groups -OCH3 is 1. The summed E-state index contributed by atoms with van der Waals surface area (Å²) in [6, 6.07) is 13.9. The fourth-order valence-electron chi connectivity index (χ4n) is 2.70. The van der Waals surface area contributed by atoms with Crippen molar-refractivity contribution in [2.45, 2.75) is 6.61 Å². The van der Waals surface area contributed by atoms with Gasteiger partial charge in [0.1, 0.15) is 12.4 Å². The summed E-state index contributed by atoms with van der Waals surface area (Å²) >= 11 is 15.5. The molecule has 3 aromatic carbocycles. The minimum atomic E-state index is -1.06. The van der Waals surface area contributed by atoms with Gasteiger partial charge in [-0.25, -0.2) is 9.82 Å². The molecule has 2 N–H and O–H groups in total. The zero-order valence-corrected chi connectivity index (χ0v) is 20.7. The van der Waals surface area contributed by atoms with Gasteiger partial charge in [-0.05, 0) is 57.9 Å². The number of hydrogen-bond acceptors (Lipinski definition) is 5. The topological polar surface area (TPSA) is 89.0 Å². The molecule has 0 aliphatic heterocycles. The molecule has 0 fully saturated rings. The molecule has 0 aliphatic carbocycles. The lowest BCUT2D eigenvalue weighted by atomic mass is 10.2. The van der Waals surface area contributed by atoms with Crippen LogP contribution in [-0.4, -0.2) is 25.1 Å². The Kier molecular flexibility index (Phi) is 8.86. The van der Waals surface area contributed by atoms with Crippen molar-refractivity contribution < 1.29 is 23.5 Å². The first-order valence-electron chi connectivity index (χ1n) is 9.61. The zero-order chi connectivity index (χ0) is 24.7. The maximum atomic E-state index is 13.6. The van der Waals surface area contributed by atoms with E-state index >= 15 is 0 Å². The van der Waals surface area contributed by atoms with Gasteiger partial charge in [0.15, 0.2) is 11.5 Å². The van der Waals surface area contributed by atoms with E-state index in [0.29, 0.717) is 31.6 Å². The van der Waals surface area contributed by atoms with Gasteiger partial charge >= 0.3 is 11.8 Å². The third-order valence-corrected chi connectivity index (χ3v) is 5.52. The molecular weight excluding hydrogens is 552 g/mol. The Morgan fingerprint density at radius 3 is 2.59 bits per heavy atom. The summed E-state index contributed by atoms with van der Waals surface area (Å²) in [6.07, 6.45) is 1.31.